The number of anilines is 2. The topological polar surface area (TPSA) is 113 Å². The highest BCUT2D eigenvalue weighted by Crippen LogP contribution is 2.26. The van der Waals surface area contributed by atoms with Gasteiger partial charge < -0.3 is 10.2 Å². The summed E-state index contributed by atoms with van der Waals surface area (Å²) in [4.78, 5) is 46.7. The summed E-state index contributed by atoms with van der Waals surface area (Å²) in [6.07, 6.45) is 0.704. The Labute approximate surface area is 185 Å². The molecule has 1 fully saturated rings. The van der Waals surface area contributed by atoms with Crippen LogP contribution in [0.3, 0.4) is 0 Å². The van der Waals surface area contributed by atoms with Crippen LogP contribution in [-0.4, -0.2) is 38.1 Å². The van der Waals surface area contributed by atoms with Gasteiger partial charge in [-0.25, -0.2) is 4.98 Å². The van der Waals surface area contributed by atoms with Gasteiger partial charge in [0.05, 0.1) is 11.6 Å². The molecule has 2 N–H and O–H groups in total. The third kappa shape index (κ3) is 4.05. The molecule has 0 saturated carbocycles. The van der Waals surface area contributed by atoms with Crippen LogP contribution in [0.25, 0.3) is 5.95 Å². The van der Waals surface area contributed by atoms with Crippen LogP contribution in [0.4, 0.5) is 11.5 Å². The fourth-order valence-corrected chi connectivity index (χ4v) is 3.95. The molecule has 1 atom stereocenters. The number of nitrogens with zero attached hydrogens (tertiary/aromatic N) is 4. The molecular formula is C23H26N6O3. The number of carbonyl (C=O) groups is 2. The summed E-state index contributed by atoms with van der Waals surface area (Å²) in [5.41, 5.74) is 3.55. The van der Waals surface area contributed by atoms with Crippen LogP contribution in [-0.2, 0) is 16.0 Å². The number of rotatable bonds is 5. The first kappa shape index (κ1) is 21.5. The molecule has 0 unspecified atom stereocenters. The molecular weight excluding hydrogens is 408 g/mol. The van der Waals surface area contributed by atoms with Crippen LogP contribution < -0.4 is 15.8 Å². The Morgan fingerprint density at radius 2 is 1.91 bits per heavy atom. The van der Waals surface area contributed by atoms with E-state index in [-0.39, 0.29) is 29.7 Å². The Morgan fingerprint density at radius 3 is 2.56 bits per heavy atom. The maximum absolute atomic E-state index is 13.0. The standard InChI is InChI=1S/C23H26N6O3/c1-5-18-15(4)24-23(26-22(18)32)29-19(10-14(3)27-29)25-21(31)16-11-20(30)28(12-16)17-8-6-13(2)7-9-17/h6-10,16H,5,11-12H2,1-4H3,(H,25,31)(H,24,26,32)/t16-/m1/s1. The van der Waals surface area contributed by atoms with E-state index in [1.54, 1.807) is 24.8 Å². The molecule has 0 aliphatic carbocycles. The number of aryl methyl sites for hydroxylation is 3. The van der Waals surface area contributed by atoms with E-state index in [1.165, 1.54) is 4.68 Å². The van der Waals surface area contributed by atoms with E-state index in [0.29, 0.717) is 35.7 Å². The SMILES string of the molecule is CCc1c(C)nc(-n2nc(C)cc2NC(=O)[C@@H]2CC(=O)N(c3ccc(C)cc3)C2)[nH]c1=O. The first-order chi connectivity index (χ1) is 15.3. The second-order valence-corrected chi connectivity index (χ2v) is 8.12. The average Bonchev–Trinajstić information content (AvgIpc) is 3.31. The molecule has 3 aromatic rings. The largest absolute Gasteiger partial charge is 0.312 e. The van der Waals surface area contributed by atoms with Crippen LogP contribution in [0.5, 0.6) is 0 Å². The van der Waals surface area contributed by atoms with E-state index >= 15 is 0 Å². The molecule has 9 heteroatoms. The second kappa shape index (κ2) is 8.41. The monoisotopic (exact) mass is 434 g/mol. The van der Waals surface area contributed by atoms with Gasteiger partial charge in [-0.3, -0.25) is 19.4 Å². The number of aromatic amines is 1. The third-order valence-electron chi connectivity index (χ3n) is 5.69. The highest BCUT2D eigenvalue weighted by molar-refractivity contribution is 6.03. The molecule has 0 radical (unpaired) electrons. The van der Waals surface area contributed by atoms with E-state index < -0.39 is 5.92 Å². The fraction of sp³-hybridized carbons (Fsp3) is 0.348. The van der Waals surface area contributed by atoms with Crippen molar-refractivity contribution in [2.24, 2.45) is 5.92 Å². The lowest BCUT2D eigenvalue weighted by Crippen LogP contribution is -2.29. The van der Waals surface area contributed by atoms with E-state index in [9.17, 15) is 14.4 Å². The Kier molecular flexibility index (Phi) is 5.65. The Morgan fingerprint density at radius 1 is 1.19 bits per heavy atom. The van der Waals surface area contributed by atoms with E-state index in [1.807, 2.05) is 38.1 Å². The average molecular weight is 435 g/mol. The van der Waals surface area contributed by atoms with Gasteiger partial charge >= 0.3 is 0 Å². The predicted molar refractivity (Wildman–Crippen MR) is 121 cm³/mol. The molecule has 166 valence electrons. The number of benzene rings is 1. The summed E-state index contributed by atoms with van der Waals surface area (Å²) in [5.74, 6) is -0.241. The quantitative estimate of drug-likeness (QED) is 0.640. The van der Waals surface area contributed by atoms with Crippen molar-refractivity contribution in [1.82, 2.24) is 19.7 Å². The molecule has 2 amide bonds. The van der Waals surface area contributed by atoms with Gasteiger partial charge in [0, 0.05) is 36.0 Å². The number of carbonyl (C=O) groups excluding carboxylic acids is 2. The van der Waals surface area contributed by atoms with Crippen molar-refractivity contribution in [2.75, 3.05) is 16.8 Å². The van der Waals surface area contributed by atoms with Crippen LogP contribution in [0.15, 0.2) is 35.1 Å². The molecule has 2 aromatic heterocycles. The number of H-pyrrole nitrogens is 1. The van der Waals surface area contributed by atoms with Crippen molar-refractivity contribution in [3.05, 3.63) is 63.2 Å². The third-order valence-corrected chi connectivity index (χ3v) is 5.69. The minimum absolute atomic E-state index is 0.0875. The van der Waals surface area contributed by atoms with Gasteiger partial charge in [0.25, 0.3) is 5.56 Å². The Balaban J connectivity index is 1.56. The number of nitrogens with one attached hydrogen (secondary N) is 2. The summed E-state index contributed by atoms with van der Waals surface area (Å²) in [7, 11) is 0. The smallest absolute Gasteiger partial charge is 0.255 e. The van der Waals surface area contributed by atoms with Gasteiger partial charge in [-0.1, -0.05) is 24.6 Å². The Bertz CT molecular complexity index is 1240. The predicted octanol–water partition coefficient (Wildman–Crippen LogP) is 2.43. The highest BCUT2D eigenvalue weighted by atomic mass is 16.2. The lowest BCUT2D eigenvalue weighted by molar-refractivity contribution is -0.122. The minimum atomic E-state index is -0.497. The summed E-state index contributed by atoms with van der Waals surface area (Å²) < 4.78 is 1.41. The zero-order chi connectivity index (χ0) is 23.0. The van der Waals surface area contributed by atoms with Gasteiger partial charge in [0.2, 0.25) is 17.8 Å². The lowest BCUT2D eigenvalue weighted by atomic mass is 10.1. The maximum atomic E-state index is 13.0. The van der Waals surface area contributed by atoms with Crippen LogP contribution >= 0.6 is 0 Å². The number of aromatic nitrogens is 4. The first-order valence-corrected chi connectivity index (χ1v) is 10.6. The number of hydrogen-bond acceptors (Lipinski definition) is 5. The van der Waals surface area contributed by atoms with Crippen molar-refractivity contribution >= 4 is 23.3 Å². The van der Waals surface area contributed by atoms with Gasteiger partial charge in [0.15, 0.2) is 0 Å². The zero-order valence-electron chi connectivity index (χ0n) is 18.6. The van der Waals surface area contributed by atoms with Crippen LogP contribution in [0, 0.1) is 26.7 Å². The molecule has 1 aliphatic heterocycles. The summed E-state index contributed by atoms with van der Waals surface area (Å²) in [6.45, 7) is 7.74. The summed E-state index contributed by atoms with van der Waals surface area (Å²) in [6, 6.07) is 9.36. The van der Waals surface area contributed by atoms with E-state index in [4.69, 9.17) is 0 Å². The normalized spacial score (nSPS) is 15.9. The summed E-state index contributed by atoms with van der Waals surface area (Å²) >= 11 is 0. The minimum Gasteiger partial charge on any atom is -0.312 e. The van der Waals surface area contributed by atoms with Gasteiger partial charge in [-0.15, -0.1) is 0 Å². The zero-order valence-corrected chi connectivity index (χ0v) is 18.6. The molecule has 3 heterocycles. The number of hydrogen-bond donors (Lipinski definition) is 2. The van der Waals surface area contributed by atoms with Crippen molar-refractivity contribution < 1.29 is 9.59 Å². The molecule has 1 saturated heterocycles. The van der Waals surface area contributed by atoms with Crippen LogP contribution in [0.2, 0.25) is 0 Å². The van der Waals surface area contributed by atoms with Gasteiger partial charge in [-0.2, -0.15) is 9.78 Å². The molecule has 9 nitrogen and oxygen atoms in total. The molecule has 4 rings (SSSR count). The van der Waals surface area contributed by atoms with Gasteiger partial charge in [-0.05, 0) is 39.3 Å². The molecule has 1 aliphatic rings. The Hall–Kier alpha value is -3.75. The van der Waals surface area contributed by atoms with E-state index in [0.717, 1.165) is 11.3 Å². The second-order valence-electron chi connectivity index (χ2n) is 8.12. The lowest BCUT2D eigenvalue weighted by Gasteiger charge is -2.17. The molecule has 1 aromatic carbocycles. The number of amides is 2. The maximum Gasteiger partial charge on any atom is 0.255 e. The van der Waals surface area contributed by atoms with Crippen molar-refractivity contribution in [1.29, 1.82) is 0 Å². The summed E-state index contributed by atoms with van der Waals surface area (Å²) in [5, 5.41) is 7.24. The van der Waals surface area contributed by atoms with E-state index in [2.05, 4.69) is 20.4 Å². The fourth-order valence-electron chi connectivity index (χ4n) is 3.95. The van der Waals surface area contributed by atoms with Crippen molar-refractivity contribution in [3.63, 3.8) is 0 Å². The first-order valence-electron chi connectivity index (χ1n) is 10.6. The molecule has 32 heavy (non-hydrogen) atoms. The van der Waals surface area contributed by atoms with Crippen LogP contribution in [0.1, 0.15) is 35.9 Å². The van der Waals surface area contributed by atoms with Crippen molar-refractivity contribution in [3.8, 4) is 5.95 Å². The highest BCUT2D eigenvalue weighted by Gasteiger charge is 2.35. The molecule has 0 bridgehead atoms. The van der Waals surface area contributed by atoms with Gasteiger partial charge in [0.1, 0.15) is 5.82 Å². The molecule has 0 spiro atoms. The van der Waals surface area contributed by atoms with Crippen molar-refractivity contribution in [2.45, 2.75) is 40.5 Å².